The van der Waals surface area contributed by atoms with Crippen molar-refractivity contribution in [1.29, 1.82) is 0 Å². The van der Waals surface area contributed by atoms with E-state index in [1.54, 1.807) is 24.6 Å². The van der Waals surface area contributed by atoms with Crippen LogP contribution in [-0.4, -0.2) is 89.2 Å². The topological polar surface area (TPSA) is 111 Å². The van der Waals surface area contributed by atoms with Crippen LogP contribution in [0.3, 0.4) is 0 Å². The third-order valence-corrected chi connectivity index (χ3v) is 13.2. The molecule has 0 aromatic heterocycles. The number of nitrogens with one attached hydrogen (secondary N) is 1. The number of allylic oxidation sites excluding steroid dienone is 1. The molecule has 0 bridgehead atoms. The van der Waals surface area contributed by atoms with Gasteiger partial charge in [-0.05, 0) is 92.5 Å². The summed E-state index contributed by atoms with van der Waals surface area (Å²) < 4.78 is 25.8. The van der Waals surface area contributed by atoms with E-state index in [9.17, 15) is 13.2 Å². The van der Waals surface area contributed by atoms with Crippen LogP contribution in [0.15, 0.2) is 69.5 Å². The van der Waals surface area contributed by atoms with Crippen LogP contribution in [0, 0.1) is 17.8 Å². The largest absolute Gasteiger partial charge is 0.403 e. The Labute approximate surface area is 281 Å². The summed E-state index contributed by atoms with van der Waals surface area (Å²) in [6.45, 7) is 12.4. The summed E-state index contributed by atoms with van der Waals surface area (Å²) in [5.74, 6) is 1.73. The Bertz CT molecular complexity index is 1580. The summed E-state index contributed by atoms with van der Waals surface area (Å²) >= 11 is 0. The van der Waals surface area contributed by atoms with Gasteiger partial charge in [-0.3, -0.25) is 14.7 Å². The second-order valence-electron chi connectivity index (χ2n) is 14.1. The highest BCUT2D eigenvalue weighted by Gasteiger charge is 2.54. The summed E-state index contributed by atoms with van der Waals surface area (Å²) in [5.41, 5.74) is 9.68. The number of nitrogens with two attached hydrogens (primary N) is 1. The molecular weight excluding hydrogens is 609 g/mol. The van der Waals surface area contributed by atoms with Crippen LogP contribution in [0.25, 0.3) is 0 Å². The van der Waals surface area contributed by atoms with Gasteiger partial charge in [-0.1, -0.05) is 37.6 Å². The van der Waals surface area contributed by atoms with Gasteiger partial charge in [-0.25, -0.2) is 8.42 Å². The van der Waals surface area contributed by atoms with E-state index < -0.39 is 9.84 Å². The number of hydrogen-bond acceptors (Lipinski definition) is 8. The molecule has 6 rings (SSSR count). The van der Waals surface area contributed by atoms with Gasteiger partial charge in [0.1, 0.15) is 4.91 Å². The molecule has 3 aliphatic heterocycles. The summed E-state index contributed by atoms with van der Waals surface area (Å²) in [5, 5.41) is 3.39. The fraction of sp³-hybridized carbons (Fsp3) is 0.568. The number of rotatable bonds is 10. The number of aliphatic imine (C=N–C) groups is 1. The van der Waals surface area contributed by atoms with Crippen molar-refractivity contribution in [2.45, 2.75) is 68.8 Å². The van der Waals surface area contributed by atoms with E-state index in [0.29, 0.717) is 17.8 Å². The number of carbonyl (C=O) groups is 1. The van der Waals surface area contributed by atoms with Crippen molar-refractivity contribution in [1.82, 2.24) is 15.1 Å². The molecule has 4 aliphatic rings. The van der Waals surface area contributed by atoms with Crippen molar-refractivity contribution in [2.75, 3.05) is 57.8 Å². The molecule has 3 atom stereocenters. The van der Waals surface area contributed by atoms with Crippen molar-refractivity contribution >= 4 is 27.6 Å². The molecule has 2 aromatic rings. The molecule has 3 fully saturated rings. The van der Waals surface area contributed by atoms with Crippen molar-refractivity contribution in [2.24, 2.45) is 28.5 Å². The zero-order valence-corrected chi connectivity index (χ0v) is 29.1. The second-order valence-corrected chi connectivity index (χ2v) is 16.1. The molecule has 1 saturated carbocycles. The minimum atomic E-state index is -3.69. The SMILES string of the molecule is CCN1Cc2ccccc2C(C2CCN(CC3CN(c4ccc(S(=O)(=O)C(C=NC)=CN)cc4)C3)CC2)([C@H]2CCC[C@@H]2NC(C)=O)C1. The molecule has 47 heavy (non-hydrogen) atoms. The lowest BCUT2D eigenvalue weighted by Gasteiger charge is -2.55. The number of likely N-dealkylation sites (tertiary alicyclic amines) is 1. The molecule has 1 amide bonds. The number of sulfone groups is 1. The first-order chi connectivity index (χ1) is 22.7. The van der Waals surface area contributed by atoms with Crippen molar-refractivity contribution in [3.05, 3.63) is 70.8 Å². The molecule has 0 spiro atoms. The minimum absolute atomic E-state index is 0.00220. The average Bonchev–Trinajstić information content (AvgIpc) is 3.52. The van der Waals surface area contributed by atoms with Crippen LogP contribution in [0.2, 0.25) is 0 Å². The number of nitrogens with zero attached hydrogens (tertiary/aromatic N) is 4. The normalized spacial score (nSPS) is 26.8. The number of fused-ring (bicyclic) bond motifs is 1. The first kappa shape index (κ1) is 33.7. The zero-order valence-electron chi connectivity index (χ0n) is 28.3. The number of likely N-dealkylation sites (N-methyl/N-ethyl adjacent to an activating group) is 1. The van der Waals surface area contributed by atoms with E-state index in [-0.39, 0.29) is 27.2 Å². The van der Waals surface area contributed by atoms with Gasteiger partial charge in [0.15, 0.2) is 0 Å². The summed E-state index contributed by atoms with van der Waals surface area (Å²) in [4.78, 5) is 24.0. The molecular formula is C37H52N6O3S. The summed E-state index contributed by atoms with van der Waals surface area (Å²) in [6.07, 6.45) is 8.17. The van der Waals surface area contributed by atoms with E-state index in [2.05, 4.69) is 56.2 Å². The Kier molecular flexibility index (Phi) is 10.1. The van der Waals surface area contributed by atoms with Gasteiger partial charge in [0.05, 0.1) is 4.90 Å². The fourth-order valence-corrected chi connectivity index (χ4v) is 10.5. The average molecular weight is 661 g/mol. The first-order valence-corrected chi connectivity index (χ1v) is 18.9. The minimum Gasteiger partial charge on any atom is -0.403 e. The van der Waals surface area contributed by atoms with Crippen molar-refractivity contribution in [3.8, 4) is 0 Å². The molecule has 1 aliphatic carbocycles. The van der Waals surface area contributed by atoms with Crippen LogP contribution < -0.4 is 16.0 Å². The number of piperidine rings is 1. The molecule has 2 aromatic carbocycles. The van der Waals surface area contributed by atoms with Crippen LogP contribution in [0.1, 0.15) is 57.1 Å². The van der Waals surface area contributed by atoms with Gasteiger partial charge in [-0.15, -0.1) is 0 Å². The lowest BCUT2D eigenvalue weighted by Crippen LogP contribution is -2.60. The molecule has 3 N–H and O–H groups in total. The molecule has 9 nitrogen and oxygen atoms in total. The zero-order chi connectivity index (χ0) is 33.2. The molecule has 254 valence electrons. The van der Waals surface area contributed by atoms with Crippen molar-refractivity contribution in [3.63, 3.8) is 0 Å². The van der Waals surface area contributed by atoms with E-state index in [0.717, 1.165) is 70.7 Å². The first-order valence-electron chi connectivity index (χ1n) is 17.4. The molecule has 2 saturated heterocycles. The molecule has 3 heterocycles. The van der Waals surface area contributed by atoms with Gasteiger partial charge in [0.2, 0.25) is 15.7 Å². The number of hydrogen-bond donors (Lipinski definition) is 2. The van der Waals surface area contributed by atoms with Gasteiger partial charge < -0.3 is 20.9 Å². The van der Waals surface area contributed by atoms with E-state index >= 15 is 0 Å². The monoisotopic (exact) mass is 660 g/mol. The van der Waals surface area contributed by atoms with Crippen LogP contribution >= 0.6 is 0 Å². The van der Waals surface area contributed by atoms with Gasteiger partial charge >= 0.3 is 0 Å². The Balaban J connectivity index is 1.11. The standard InChI is InChI=1S/C37H52N6O3S/c1-4-41-25-29-8-5-6-9-34(29)37(26-41,35-10-7-11-36(35)40-27(2)44)30-16-18-42(19-17-30)22-28-23-43(24-28)31-12-14-32(15-13-31)47(45,46)33(20-38)21-39-3/h5-6,8-9,12-15,20-21,28,30,35-36H,4,7,10-11,16-19,22-26,38H2,1-3H3,(H,40,44)/t35-,36-,37?/m0/s1. The Morgan fingerprint density at radius 3 is 2.43 bits per heavy atom. The third-order valence-electron chi connectivity index (χ3n) is 11.4. The second kappa shape index (κ2) is 14.1. The number of amides is 1. The van der Waals surface area contributed by atoms with Crippen LogP contribution in [0.4, 0.5) is 5.69 Å². The maximum Gasteiger partial charge on any atom is 0.217 e. The number of carbonyl (C=O) groups excluding carboxylic acids is 1. The van der Waals surface area contributed by atoms with Gasteiger partial charge in [-0.2, -0.15) is 0 Å². The van der Waals surface area contributed by atoms with E-state index in [1.807, 2.05) is 12.1 Å². The number of anilines is 1. The fourth-order valence-electron chi connectivity index (χ4n) is 9.26. The quantitative estimate of drug-likeness (QED) is 0.368. The third kappa shape index (κ3) is 6.61. The van der Waals surface area contributed by atoms with Crippen molar-refractivity contribution < 1.29 is 13.2 Å². The Hall–Kier alpha value is -3.21. The predicted molar refractivity (Wildman–Crippen MR) is 189 cm³/mol. The highest BCUT2D eigenvalue weighted by atomic mass is 32.2. The highest BCUT2D eigenvalue weighted by molar-refractivity contribution is 7.96. The smallest absolute Gasteiger partial charge is 0.217 e. The molecule has 1 unspecified atom stereocenters. The van der Waals surface area contributed by atoms with Gasteiger partial charge in [0, 0.05) is 82.2 Å². The Morgan fingerprint density at radius 1 is 1.04 bits per heavy atom. The Morgan fingerprint density at radius 2 is 1.77 bits per heavy atom. The maximum absolute atomic E-state index is 12.9. The lowest BCUT2D eigenvalue weighted by molar-refractivity contribution is -0.120. The lowest BCUT2D eigenvalue weighted by atomic mass is 9.56. The number of benzene rings is 2. The van der Waals surface area contributed by atoms with Crippen LogP contribution in [-0.2, 0) is 26.6 Å². The predicted octanol–water partition coefficient (Wildman–Crippen LogP) is 4.19. The van der Waals surface area contributed by atoms with Crippen LogP contribution in [0.5, 0.6) is 0 Å². The summed E-state index contributed by atoms with van der Waals surface area (Å²) in [6, 6.07) is 16.5. The van der Waals surface area contributed by atoms with E-state index in [1.165, 1.54) is 44.5 Å². The highest BCUT2D eigenvalue weighted by Crippen LogP contribution is 2.53. The summed E-state index contributed by atoms with van der Waals surface area (Å²) in [7, 11) is -2.16. The maximum atomic E-state index is 12.9. The van der Waals surface area contributed by atoms with E-state index in [4.69, 9.17) is 5.73 Å². The molecule has 10 heteroatoms. The van der Waals surface area contributed by atoms with Gasteiger partial charge in [0.25, 0.3) is 0 Å². The molecule has 0 radical (unpaired) electrons.